The third kappa shape index (κ3) is 2.24. The minimum Gasteiger partial charge on any atom is -0.389 e. The first-order valence-corrected chi connectivity index (χ1v) is 7.83. The van der Waals surface area contributed by atoms with Crippen LogP contribution >= 0.6 is 0 Å². The predicted molar refractivity (Wildman–Crippen MR) is 91.8 cm³/mol. The lowest BCUT2D eigenvalue weighted by Gasteiger charge is -2.37. The lowest BCUT2D eigenvalue weighted by Crippen LogP contribution is -2.51. The second-order valence-corrected chi connectivity index (χ2v) is 6.07. The maximum Gasteiger partial charge on any atom is 0.128 e. The smallest absolute Gasteiger partial charge is 0.128 e. The Morgan fingerprint density at radius 2 is 2.09 bits per heavy atom. The molecule has 0 saturated carbocycles. The van der Waals surface area contributed by atoms with Gasteiger partial charge in [-0.3, -0.25) is 4.90 Å². The number of hydrogen-bond acceptors (Lipinski definition) is 5. The molecule has 0 amide bonds. The molecule has 1 aromatic rings. The van der Waals surface area contributed by atoms with Gasteiger partial charge in [-0.15, -0.1) is 0 Å². The second kappa shape index (κ2) is 5.28. The van der Waals surface area contributed by atoms with Crippen LogP contribution in [-0.4, -0.2) is 41.2 Å². The first-order chi connectivity index (χ1) is 11.1. The van der Waals surface area contributed by atoms with Crippen LogP contribution in [0.5, 0.6) is 0 Å². The molecule has 0 spiro atoms. The van der Waals surface area contributed by atoms with Crippen LogP contribution in [0.1, 0.15) is 6.42 Å². The van der Waals surface area contributed by atoms with Crippen LogP contribution in [-0.2, 0) is 0 Å². The molecule has 1 saturated heterocycles. The van der Waals surface area contributed by atoms with Gasteiger partial charge in [-0.25, -0.2) is 4.98 Å². The zero-order valence-corrected chi connectivity index (χ0v) is 13.2. The highest BCUT2D eigenvalue weighted by Crippen LogP contribution is 2.38. The zero-order chi connectivity index (χ0) is 16.0. The molecular weight excluding hydrogens is 288 g/mol. The van der Waals surface area contributed by atoms with Gasteiger partial charge in [-0.1, -0.05) is 24.8 Å². The Morgan fingerprint density at radius 3 is 2.78 bits per heavy atom. The van der Waals surface area contributed by atoms with Crippen molar-refractivity contribution in [2.45, 2.75) is 12.5 Å². The van der Waals surface area contributed by atoms with E-state index in [0.717, 1.165) is 23.7 Å². The lowest BCUT2D eigenvalue weighted by molar-refractivity contribution is 0.141. The van der Waals surface area contributed by atoms with E-state index in [0.29, 0.717) is 13.1 Å². The van der Waals surface area contributed by atoms with Gasteiger partial charge in [-0.2, -0.15) is 0 Å². The normalized spacial score (nSPS) is 21.0. The van der Waals surface area contributed by atoms with E-state index in [-0.39, 0.29) is 6.10 Å². The summed E-state index contributed by atoms with van der Waals surface area (Å²) in [7, 11) is 2.04. The van der Waals surface area contributed by atoms with Gasteiger partial charge >= 0.3 is 0 Å². The Hall–Kier alpha value is -2.53. The Kier molecular flexibility index (Phi) is 3.23. The van der Waals surface area contributed by atoms with Crippen LogP contribution in [0.15, 0.2) is 66.4 Å². The SMILES string of the molecule is C=C1N(C)C2=C(CC=CC=C2)N1c1ccc(N2CC(O)C2)nc1. The Balaban J connectivity index is 1.64. The molecule has 0 bridgehead atoms. The molecule has 118 valence electrons. The van der Waals surface area contributed by atoms with E-state index in [1.165, 1.54) is 11.4 Å². The molecule has 5 nitrogen and oxygen atoms in total. The maximum atomic E-state index is 9.41. The quantitative estimate of drug-likeness (QED) is 0.907. The van der Waals surface area contributed by atoms with Crippen molar-refractivity contribution >= 4 is 11.5 Å². The number of aliphatic hydroxyl groups excluding tert-OH is 1. The summed E-state index contributed by atoms with van der Waals surface area (Å²) in [6, 6.07) is 4.08. The van der Waals surface area contributed by atoms with Gasteiger partial charge in [0.2, 0.25) is 0 Å². The fraction of sp³-hybridized carbons (Fsp3) is 0.278. The minimum atomic E-state index is -0.222. The average molecular weight is 308 g/mol. The highest BCUT2D eigenvalue weighted by atomic mass is 16.3. The highest BCUT2D eigenvalue weighted by molar-refractivity contribution is 5.64. The Labute approximate surface area is 136 Å². The van der Waals surface area contributed by atoms with Crippen LogP contribution < -0.4 is 9.80 Å². The molecule has 23 heavy (non-hydrogen) atoms. The molecule has 5 heteroatoms. The van der Waals surface area contributed by atoms with Crippen LogP contribution in [0.2, 0.25) is 0 Å². The summed E-state index contributed by atoms with van der Waals surface area (Å²) in [5, 5.41) is 9.41. The monoisotopic (exact) mass is 308 g/mol. The molecule has 0 unspecified atom stereocenters. The molecule has 1 N–H and O–H groups in total. The second-order valence-electron chi connectivity index (χ2n) is 6.07. The van der Waals surface area contributed by atoms with E-state index in [1.54, 1.807) is 0 Å². The molecule has 1 fully saturated rings. The van der Waals surface area contributed by atoms with E-state index < -0.39 is 0 Å². The molecular formula is C18H20N4O. The summed E-state index contributed by atoms with van der Waals surface area (Å²) in [6.07, 6.45) is 10.9. The van der Waals surface area contributed by atoms with Gasteiger partial charge in [0.05, 0.1) is 29.4 Å². The van der Waals surface area contributed by atoms with Gasteiger partial charge in [0.25, 0.3) is 0 Å². The Bertz CT molecular complexity index is 726. The van der Waals surface area contributed by atoms with Gasteiger partial charge < -0.3 is 14.9 Å². The summed E-state index contributed by atoms with van der Waals surface area (Å²) in [4.78, 5) is 10.9. The van der Waals surface area contributed by atoms with Gasteiger partial charge in [0, 0.05) is 26.6 Å². The number of likely N-dealkylation sites (N-methyl/N-ethyl adjacent to an activating group) is 1. The van der Waals surface area contributed by atoms with E-state index in [1.807, 2.05) is 19.3 Å². The zero-order valence-electron chi connectivity index (χ0n) is 13.2. The van der Waals surface area contributed by atoms with Gasteiger partial charge in [-0.05, 0) is 18.2 Å². The molecule has 0 aromatic carbocycles. The van der Waals surface area contributed by atoms with E-state index in [9.17, 15) is 5.11 Å². The van der Waals surface area contributed by atoms with E-state index in [2.05, 4.69) is 56.6 Å². The topological polar surface area (TPSA) is 42.8 Å². The van der Waals surface area contributed by atoms with Gasteiger partial charge in [0.1, 0.15) is 11.6 Å². The summed E-state index contributed by atoms with van der Waals surface area (Å²) < 4.78 is 0. The van der Waals surface area contributed by atoms with E-state index >= 15 is 0 Å². The average Bonchev–Trinajstić information content (AvgIpc) is 2.71. The molecule has 1 aromatic heterocycles. The maximum absolute atomic E-state index is 9.41. The fourth-order valence-electron chi connectivity index (χ4n) is 3.21. The minimum absolute atomic E-state index is 0.222. The highest BCUT2D eigenvalue weighted by Gasteiger charge is 2.31. The van der Waals surface area contributed by atoms with Crippen molar-refractivity contribution in [1.29, 1.82) is 0 Å². The van der Waals surface area contributed by atoms with Crippen molar-refractivity contribution in [2.24, 2.45) is 0 Å². The number of allylic oxidation sites excluding steroid dienone is 4. The number of aliphatic hydroxyl groups is 1. The number of nitrogens with zero attached hydrogens (tertiary/aromatic N) is 4. The largest absolute Gasteiger partial charge is 0.389 e. The van der Waals surface area contributed by atoms with Crippen LogP contribution in [0.4, 0.5) is 11.5 Å². The predicted octanol–water partition coefficient (Wildman–Crippen LogP) is 2.21. The molecule has 1 aliphatic carbocycles. The van der Waals surface area contributed by atoms with Crippen molar-refractivity contribution in [2.75, 3.05) is 29.9 Å². The number of aromatic nitrogens is 1. The Morgan fingerprint density at radius 1 is 1.26 bits per heavy atom. The molecule has 0 atom stereocenters. The van der Waals surface area contributed by atoms with E-state index in [4.69, 9.17) is 0 Å². The first-order valence-electron chi connectivity index (χ1n) is 7.83. The molecule has 3 aliphatic rings. The van der Waals surface area contributed by atoms with Crippen LogP contribution in [0.3, 0.4) is 0 Å². The molecule has 0 radical (unpaired) electrons. The third-order valence-electron chi connectivity index (χ3n) is 4.56. The summed E-state index contributed by atoms with van der Waals surface area (Å²) >= 11 is 0. The lowest BCUT2D eigenvalue weighted by atomic mass is 10.1. The van der Waals surface area contributed by atoms with Gasteiger partial charge in [0.15, 0.2) is 0 Å². The summed E-state index contributed by atoms with van der Waals surface area (Å²) in [5.41, 5.74) is 3.41. The number of β-amino-alcohol motifs (C(OH)–C–C–N with tert-alkyl or cyclic N) is 1. The van der Waals surface area contributed by atoms with Crippen LogP contribution in [0, 0.1) is 0 Å². The van der Waals surface area contributed by atoms with Crippen molar-refractivity contribution < 1.29 is 5.11 Å². The molecule has 2 aliphatic heterocycles. The molecule has 3 heterocycles. The number of pyridine rings is 1. The van der Waals surface area contributed by atoms with Crippen molar-refractivity contribution in [3.05, 3.63) is 66.4 Å². The van der Waals surface area contributed by atoms with Crippen molar-refractivity contribution in [3.8, 4) is 0 Å². The first kappa shape index (κ1) is 14.1. The number of rotatable bonds is 2. The fourth-order valence-corrected chi connectivity index (χ4v) is 3.21. The third-order valence-corrected chi connectivity index (χ3v) is 4.56. The summed E-state index contributed by atoms with van der Waals surface area (Å²) in [5.74, 6) is 1.84. The van der Waals surface area contributed by atoms with Crippen molar-refractivity contribution in [1.82, 2.24) is 9.88 Å². The number of anilines is 2. The molecule has 4 rings (SSSR count). The van der Waals surface area contributed by atoms with Crippen molar-refractivity contribution in [3.63, 3.8) is 0 Å². The number of hydrogen-bond donors (Lipinski definition) is 1. The standard InChI is InChI=1S/C18H20N4O/c1-13-20(2)16-6-4-3-5-7-17(16)22(13)14-8-9-18(19-10-14)21-11-15(23)12-21/h3-6,8-10,15,23H,1,7,11-12H2,2H3. The van der Waals surface area contributed by atoms with Crippen LogP contribution in [0.25, 0.3) is 0 Å². The summed E-state index contributed by atoms with van der Waals surface area (Å²) in [6.45, 7) is 5.55.